The summed E-state index contributed by atoms with van der Waals surface area (Å²) >= 11 is 0. The zero-order valence-corrected chi connectivity index (χ0v) is 13.4. The van der Waals surface area contributed by atoms with E-state index in [1.54, 1.807) is 0 Å². The van der Waals surface area contributed by atoms with Gasteiger partial charge in [0.15, 0.2) is 0 Å². The molecule has 0 aliphatic heterocycles. The molecule has 20 heavy (non-hydrogen) atoms. The molecule has 0 rings (SSSR count). The third-order valence-electron chi connectivity index (χ3n) is 1.95. The van der Waals surface area contributed by atoms with Gasteiger partial charge in [0.2, 0.25) is 11.8 Å². The number of nitrogens with zero attached hydrogens (tertiary/aromatic N) is 1. The average Bonchev–Trinajstić information content (AvgIpc) is 2.30. The Bertz CT molecular complexity index is 277. The van der Waals surface area contributed by atoms with Gasteiger partial charge in [0.25, 0.3) is 0 Å². The molecule has 1 atom stereocenters. The van der Waals surface area contributed by atoms with Gasteiger partial charge >= 0.3 is 5.97 Å². The minimum absolute atomic E-state index is 0.0321. The highest BCUT2D eigenvalue weighted by molar-refractivity contribution is 5.82. The maximum absolute atomic E-state index is 11.5. The van der Waals surface area contributed by atoms with E-state index in [9.17, 15) is 14.4 Å². The largest absolute Gasteiger partial charge is 0.481 e. The molecule has 7 nitrogen and oxygen atoms in total. The molecule has 2 amide bonds. The summed E-state index contributed by atoms with van der Waals surface area (Å²) in [4.78, 5) is 32.7. The summed E-state index contributed by atoms with van der Waals surface area (Å²) in [6.07, 6.45) is 0.682. The predicted octanol–water partition coefficient (Wildman–Crippen LogP) is 0.435. The van der Waals surface area contributed by atoms with Crippen LogP contribution >= 0.6 is 0 Å². The first-order chi connectivity index (χ1) is 9.22. The zero-order chi connectivity index (χ0) is 16.7. The summed E-state index contributed by atoms with van der Waals surface area (Å²) in [5, 5.41) is 11.0. The van der Waals surface area contributed by atoms with Crippen molar-refractivity contribution in [2.45, 2.75) is 46.6 Å². The van der Waals surface area contributed by atoms with Gasteiger partial charge in [-0.1, -0.05) is 20.8 Å². The van der Waals surface area contributed by atoms with Crippen LogP contribution in [-0.2, 0) is 14.4 Å². The van der Waals surface area contributed by atoms with Crippen LogP contribution in [0, 0.1) is 0 Å². The van der Waals surface area contributed by atoms with E-state index in [0.29, 0.717) is 6.42 Å². The highest BCUT2D eigenvalue weighted by Gasteiger charge is 2.17. The number of primary amides is 1. The van der Waals surface area contributed by atoms with Gasteiger partial charge in [0, 0.05) is 13.5 Å². The number of likely N-dealkylation sites (N-methyl/N-ethyl adjacent to an activating group) is 1. The Morgan fingerprint density at radius 3 is 1.90 bits per heavy atom. The Kier molecular flexibility index (Phi) is 18.1. The van der Waals surface area contributed by atoms with Crippen LogP contribution in [-0.4, -0.2) is 54.5 Å². The quantitative estimate of drug-likeness (QED) is 0.486. The van der Waals surface area contributed by atoms with E-state index in [4.69, 9.17) is 5.11 Å². The second-order valence-electron chi connectivity index (χ2n) is 3.93. The molecular formula is C13H29N3O4. The minimum atomic E-state index is -0.900. The van der Waals surface area contributed by atoms with E-state index in [1.807, 2.05) is 39.8 Å². The fraction of sp³-hybridized carbons (Fsp3) is 0.769. The number of carboxylic acids is 1. The number of carbonyl (C=O) groups excluding carboxylic acids is 2. The molecule has 120 valence electrons. The van der Waals surface area contributed by atoms with Crippen LogP contribution in [0.2, 0.25) is 0 Å². The monoisotopic (exact) mass is 296 g/mol. The van der Waals surface area contributed by atoms with Crippen LogP contribution in [0.3, 0.4) is 0 Å². The molecule has 0 aliphatic carbocycles. The van der Waals surface area contributed by atoms with Gasteiger partial charge in [-0.2, -0.15) is 0 Å². The van der Waals surface area contributed by atoms with Gasteiger partial charge in [-0.05, 0) is 20.5 Å². The number of carboxylic acid groups (broad SMARTS) is 1. The summed E-state index contributed by atoms with van der Waals surface area (Å²) in [7, 11) is 3.65. The van der Waals surface area contributed by atoms with Gasteiger partial charge in [0.05, 0.1) is 12.5 Å². The van der Waals surface area contributed by atoms with Crippen molar-refractivity contribution in [1.82, 2.24) is 10.2 Å². The summed E-state index contributed by atoms with van der Waals surface area (Å²) in [6.45, 7) is 7.42. The van der Waals surface area contributed by atoms with Crippen molar-refractivity contribution in [3.8, 4) is 0 Å². The van der Waals surface area contributed by atoms with Crippen LogP contribution in [0.5, 0.6) is 0 Å². The Labute approximate surface area is 121 Å². The molecular weight excluding hydrogens is 267 g/mol. The predicted molar refractivity (Wildman–Crippen MR) is 79.2 cm³/mol. The van der Waals surface area contributed by atoms with Crippen molar-refractivity contribution < 1.29 is 19.5 Å². The van der Waals surface area contributed by atoms with Crippen LogP contribution in [0.4, 0.5) is 0 Å². The van der Waals surface area contributed by atoms with Crippen molar-refractivity contribution in [1.29, 1.82) is 0 Å². The molecule has 0 radical (unpaired) electrons. The molecule has 0 aromatic heterocycles. The lowest BCUT2D eigenvalue weighted by atomic mass is 10.3. The Hall–Kier alpha value is -1.63. The van der Waals surface area contributed by atoms with Crippen molar-refractivity contribution in [2.24, 2.45) is 5.73 Å². The van der Waals surface area contributed by atoms with Crippen molar-refractivity contribution in [2.75, 3.05) is 20.6 Å². The molecule has 0 saturated carbocycles. The normalized spacial score (nSPS) is 10.3. The lowest BCUT2D eigenvalue weighted by molar-refractivity contribution is -0.137. The van der Waals surface area contributed by atoms with Crippen LogP contribution in [0.25, 0.3) is 0 Å². The lowest BCUT2D eigenvalue weighted by Crippen LogP contribution is -2.43. The second kappa shape index (κ2) is 15.4. The SMILES string of the molecule is CC([15NH2])=O.CN(C)C([13CH2][13CH3])C(=O)NCCC(=O)O.[13CH3][13CH3]. The van der Waals surface area contributed by atoms with Crippen LogP contribution in [0.1, 0.15) is 40.5 Å². The van der Waals surface area contributed by atoms with Gasteiger partial charge < -0.3 is 16.2 Å². The summed E-state index contributed by atoms with van der Waals surface area (Å²) in [5.74, 6) is -1.35. The molecule has 0 aliphatic rings. The molecule has 0 aromatic carbocycles. The first-order valence-electron chi connectivity index (χ1n) is 6.64. The highest BCUT2D eigenvalue weighted by Crippen LogP contribution is 1.98. The van der Waals surface area contributed by atoms with Crippen LogP contribution < -0.4 is 11.1 Å². The number of hydrogen-bond donors (Lipinski definition) is 3. The number of amides is 2. The van der Waals surface area contributed by atoms with E-state index in [2.05, 4.69) is 11.1 Å². The number of hydrogen-bond acceptors (Lipinski definition) is 4. The van der Waals surface area contributed by atoms with Crippen molar-refractivity contribution in [3.05, 3.63) is 0 Å². The van der Waals surface area contributed by atoms with E-state index in [-0.39, 0.29) is 30.8 Å². The molecule has 0 bridgehead atoms. The summed E-state index contributed by atoms with van der Waals surface area (Å²) in [5.41, 5.74) is 4.47. The maximum Gasteiger partial charge on any atom is 0.305 e. The van der Waals surface area contributed by atoms with E-state index in [1.165, 1.54) is 6.92 Å². The third kappa shape index (κ3) is 18.7. The van der Waals surface area contributed by atoms with Gasteiger partial charge in [0.1, 0.15) is 0 Å². The minimum Gasteiger partial charge on any atom is -0.481 e. The van der Waals surface area contributed by atoms with E-state index >= 15 is 0 Å². The number of carbonyl (C=O) groups is 3. The van der Waals surface area contributed by atoms with E-state index in [0.717, 1.165) is 0 Å². The fourth-order valence-corrected chi connectivity index (χ4v) is 1.20. The summed E-state index contributed by atoms with van der Waals surface area (Å²) in [6, 6.07) is -0.177. The topological polar surface area (TPSA) is 113 Å². The van der Waals surface area contributed by atoms with Crippen molar-refractivity contribution >= 4 is 17.8 Å². The fourth-order valence-electron chi connectivity index (χ4n) is 1.20. The molecule has 0 fully saturated rings. The Morgan fingerprint density at radius 1 is 1.25 bits per heavy atom. The first-order valence-corrected chi connectivity index (χ1v) is 6.64. The number of nitrogens with one attached hydrogen (secondary N) is 1. The van der Waals surface area contributed by atoms with Crippen molar-refractivity contribution in [3.63, 3.8) is 0 Å². The first kappa shape index (κ1) is 23.5. The molecule has 0 aromatic rings. The number of nitrogens with two attached hydrogens (primary N) is 1. The lowest BCUT2D eigenvalue weighted by Gasteiger charge is -2.21. The third-order valence-corrected chi connectivity index (χ3v) is 1.95. The Morgan fingerprint density at radius 2 is 1.65 bits per heavy atom. The van der Waals surface area contributed by atoms with Crippen LogP contribution in [0.15, 0.2) is 0 Å². The Balaban J connectivity index is -0.000000410. The highest BCUT2D eigenvalue weighted by atomic mass is 16.4. The number of rotatable bonds is 6. The maximum atomic E-state index is 11.5. The van der Waals surface area contributed by atoms with Gasteiger partial charge in [-0.25, -0.2) is 0 Å². The van der Waals surface area contributed by atoms with Gasteiger partial charge in [-0.15, -0.1) is 0 Å². The molecule has 7 heteroatoms. The molecule has 0 spiro atoms. The standard InChI is InChI=1S/C9H18N2O3.C2H5NO.C2H6/c1-4-7(11(2)3)9(14)10-6-5-8(12)13;1-2(3)4;1-2/h7H,4-6H2,1-3H3,(H,10,14)(H,12,13);1H3,(H2,3,4);1-2H3/i1+1,4+1;3+1;1+1,2+1. The zero-order valence-electron chi connectivity index (χ0n) is 13.4. The molecule has 1 unspecified atom stereocenters. The number of aliphatic carboxylic acids is 1. The van der Waals surface area contributed by atoms with E-state index < -0.39 is 5.97 Å². The van der Waals surface area contributed by atoms with Gasteiger partial charge in [-0.3, -0.25) is 19.3 Å². The smallest absolute Gasteiger partial charge is 0.305 e. The summed E-state index contributed by atoms with van der Waals surface area (Å²) < 4.78 is 0. The molecule has 0 heterocycles. The molecule has 0 saturated heterocycles. The average molecular weight is 296 g/mol. The molecule has 4 N–H and O–H groups in total. The second-order valence-corrected chi connectivity index (χ2v) is 3.93.